The summed E-state index contributed by atoms with van der Waals surface area (Å²) < 4.78 is 10.6. The summed E-state index contributed by atoms with van der Waals surface area (Å²) >= 11 is 17.9. The second-order valence-electron chi connectivity index (χ2n) is 7.19. The number of carbonyl (C=O) groups excluding carboxylic acids is 2. The number of nitrogens with one attached hydrogen (secondary N) is 1. The zero-order valence-electron chi connectivity index (χ0n) is 16.0. The summed E-state index contributed by atoms with van der Waals surface area (Å²) in [5.74, 6) is -0.687. The first-order chi connectivity index (χ1) is 13.4. The summed E-state index contributed by atoms with van der Waals surface area (Å²) in [5.41, 5.74) is -0.0644. The molecule has 6 nitrogen and oxygen atoms in total. The Kier molecular flexibility index (Phi) is 7.63. The molecule has 2 aromatic rings. The molecule has 1 amide bonds. The number of hydrogen-bond donors (Lipinski definition) is 2. The van der Waals surface area contributed by atoms with Crippen LogP contribution in [-0.2, 0) is 16.0 Å². The van der Waals surface area contributed by atoms with Crippen LogP contribution in [0.4, 0.5) is 4.79 Å². The Morgan fingerprint density at radius 1 is 1.03 bits per heavy atom. The maximum absolute atomic E-state index is 12.8. The zero-order chi connectivity index (χ0) is 21.8. The van der Waals surface area contributed by atoms with E-state index >= 15 is 0 Å². The van der Waals surface area contributed by atoms with Crippen molar-refractivity contribution in [2.45, 2.75) is 38.8 Å². The topological polar surface area (TPSA) is 84.9 Å². The number of aromatic hydroxyl groups is 1. The SMILES string of the molecule is CC(C)(C)OC(=O)N[C@@H](Cc1ccc(O)cc1)C(=O)Oc1cc(Cl)c(Cl)cc1Cl. The van der Waals surface area contributed by atoms with Crippen molar-refractivity contribution in [1.29, 1.82) is 0 Å². The van der Waals surface area contributed by atoms with Gasteiger partial charge in [0.25, 0.3) is 0 Å². The van der Waals surface area contributed by atoms with Crippen molar-refractivity contribution in [1.82, 2.24) is 5.32 Å². The molecule has 2 N–H and O–H groups in total. The molecule has 0 unspecified atom stereocenters. The van der Waals surface area contributed by atoms with Crippen LogP contribution in [0.3, 0.4) is 0 Å². The lowest BCUT2D eigenvalue weighted by Gasteiger charge is -2.23. The molecule has 0 saturated carbocycles. The monoisotopic (exact) mass is 459 g/mol. The Hall–Kier alpha value is -2.15. The second-order valence-corrected chi connectivity index (χ2v) is 8.41. The van der Waals surface area contributed by atoms with Gasteiger partial charge in [-0.2, -0.15) is 0 Å². The minimum Gasteiger partial charge on any atom is -0.508 e. The number of benzene rings is 2. The number of amides is 1. The molecule has 1 atom stereocenters. The summed E-state index contributed by atoms with van der Waals surface area (Å²) in [5, 5.41) is 12.4. The molecule has 0 heterocycles. The fourth-order valence-electron chi connectivity index (χ4n) is 2.27. The maximum Gasteiger partial charge on any atom is 0.408 e. The van der Waals surface area contributed by atoms with Gasteiger partial charge in [-0.05, 0) is 44.5 Å². The normalized spacial score (nSPS) is 12.2. The van der Waals surface area contributed by atoms with Gasteiger partial charge >= 0.3 is 12.1 Å². The third-order valence-electron chi connectivity index (χ3n) is 3.54. The number of rotatable bonds is 5. The highest BCUT2D eigenvalue weighted by molar-refractivity contribution is 6.43. The Morgan fingerprint density at radius 2 is 1.62 bits per heavy atom. The summed E-state index contributed by atoms with van der Waals surface area (Å²) in [6.07, 6.45) is -0.685. The first-order valence-electron chi connectivity index (χ1n) is 8.58. The Balaban J connectivity index is 2.22. The highest BCUT2D eigenvalue weighted by Crippen LogP contribution is 2.34. The predicted molar refractivity (Wildman–Crippen MR) is 112 cm³/mol. The fourth-order valence-corrected chi connectivity index (χ4v) is 2.85. The first-order valence-corrected chi connectivity index (χ1v) is 9.71. The van der Waals surface area contributed by atoms with Crippen LogP contribution in [0.15, 0.2) is 36.4 Å². The Labute approximate surface area is 183 Å². The number of esters is 1. The third-order valence-corrected chi connectivity index (χ3v) is 4.55. The predicted octanol–water partition coefficient (Wildman–Crippen LogP) is 5.39. The van der Waals surface area contributed by atoms with Crippen LogP contribution in [0.5, 0.6) is 11.5 Å². The van der Waals surface area contributed by atoms with Crippen molar-refractivity contribution in [3.05, 3.63) is 57.0 Å². The van der Waals surface area contributed by atoms with Crippen LogP contribution in [0, 0.1) is 0 Å². The number of halogens is 3. The van der Waals surface area contributed by atoms with Gasteiger partial charge in [-0.25, -0.2) is 9.59 Å². The van der Waals surface area contributed by atoms with E-state index in [1.54, 1.807) is 32.9 Å². The molecule has 0 aliphatic heterocycles. The van der Waals surface area contributed by atoms with E-state index in [1.807, 2.05) is 0 Å². The molecule has 9 heteroatoms. The lowest BCUT2D eigenvalue weighted by atomic mass is 10.1. The summed E-state index contributed by atoms with van der Waals surface area (Å²) in [4.78, 5) is 24.9. The number of phenols is 1. The summed E-state index contributed by atoms with van der Waals surface area (Å²) in [7, 11) is 0. The highest BCUT2D eigenvalue weighted by Gasteiger charge is 2.27. The van der Waals surface area contributed by atoms with Crippen molar-refractivity contribution in [3.63, 3.8) is 0 Å². The lowest BCUT2D eigenvalue weighted by molar-refractivity contribution is -0.136. The quantitative estimate of drug-likeness (QED) is 0.355. The van der Waals surface area contributed by atoms with Crippen LogP contribution >= 0.6 is 34.8 Å². The molecule has 156 valence electrons. The fraction of sp³-hybridized carbons (Fsp3) is 0.300. The number of phenolic OH excluding ortho intramolecular Hbond substituents is 1. The maximum atomic E-state index is 12.8. The van der Waals surface area contributed by atoms with E-state index in [0.29, 0.717) is 5.56 Å². The number of hydrogen-bond acceptors (Lipinski definition) is 5. The molecule has 0 saturated heterocycles. The molecular weight excluding hydrogens is 441 g/mol. The molecule has 0 radical (unpaired) electrons. The molecule has 29 heavy (non-hydrogen) atoms. The van der Waals surface area contributed by atoms with Crippen LogP contribution in [0.1, 0.15) is 26.3 Å². The number of alkyl carbamates (subject to hydrolysis) is 1. The molecule has 0 aliphatic rings. The largest absolute Gasteiger partial charge is 0.508 e. The van der Waals surface area contributed by atoms with Gasteiger partial charge in [-0.1, -0.05) is 46.9 Å². The second kappa shape index (κ2) is 9.57. The van der Waals surface area contributed by atoms with Crippen LogP contribution in [-0.4, -0.2) is 28.8 Å². The van der Waals surface area contributed by atoms with E-state index < -0.39 is 23.7 Å². The molecule has 0 aromatic heterocycles. The van der Waals surface area contributed by atoms with Crippen molar-refractivity contribution in [3.8, 4) is 11.5 Å². The molecule has 0 aliphatic carbocycles. The average molecular weight is 461 g/mol. The third kappa shape index (κ3) is 7.31. The van der Waals surface area contributed by atoms with Gasteiger partial charge in [0, 0.05) is 12.5 Å². The van der Waals surface area contributed by atoms with Crippen LogP contribution in [0.2, 0.25) is 15.1 Å². The van der Waals surface area contributed by atoms with E-state index in [-0.39, 0.29) is 33.0 Å². The van der Waals surface area contributed by atoms with Crippen molar-refractivity contribution in [2.24, 2.45) is 0 Å². The van der Waals surface area contributed by atoms with Crippen molar-refractivity contribution >= 4 is 46.9 Å². The van der Waals surface area contributed by atoms with Crippen molar-refractivity contribution < 1.29 is 24.2 Å². The molecule has 2 aromatic carbocycles. The molecular formula is C20H20Cl3NO5. The average Bonchev–Trinajstić information content (AvgIpc) is 2.59. The van der Waals surface area contributed by atoms with Gasteiger partial charge in [0.2, 0.25) is 0 Å². The highest BCUT2D eigenvalue weighted by atomic mass is 35.5. The van der Waals surface area contributed by atoms with Gasteiger partial charge < -0.3 is 19.9 Å². The summed E-state index contributed by atoms with van der Waals surface area (Å²) in [6, 6.07) is 7.78. The summed E-state index contributed by atoms with van der Waals surface area (Å²) in [6.45, 7) is 5.11. The molecule has 2 rings (SSSR count). The van der Waals surface area contributed by atoms with Crippen molar-refractivity contribution in [2.75, 3.05) is 0 Å². The standard InChI is InChI=1S/C20H20Cl3NO5/c1-20(2,3)29-19(27)24-16(8-11-4-6-12(25)7-5-11)18(26)28-17-10-14(22)13(21)9-15(17)23/h4-7,9-10,16,25H,8H2,1-3H3,(H,24,27)/t16-/m0/s1. The van der Waals surface area contributed by atoms with E-state index in [1.165, 1.54) is 24.3 Å². The van der Waals surface area contributed by atoms with Crippen LogP contribution < -0.4 is 10.1 Å². The van der Waals surface area contributed by atoms with Gasteiger partial charge in [-0.3, -0.25) is 0 Å². The molecule has 0 bridgehead atoms. The minimum atomic E-state index is -1.08. The zero-order valence-corrected chi connectivity index (χ0v) is 18.2. The van der Waals surface area contributed by atoms with Gasteiger partial charge in [0.15, 0.2) is 5.75 Å². The van der Waals surface area contributed by atoms with Gasteiger partial charge in [-0.15, -0.1) is 0 Å². The smallest absolute Gasteiger partial charge is 0.408 e. The Bertz CT molecular complexity index is 894. The van der Waals surface area contributed by atoms with Crippen LogP contribution in [0.25, 0.3) is 0 Å². The number of ether oxygens (including phenoxy) is 2. The van der Waals surface area contributed by atoms with E-state index in [0.717, 1.165) is 0 Å². The molecule has 0 spiro atoms. The minimum absolute atomic E-state index is 0.00719. The molecule has 0 fully saturated rings. The van der Waals surface area contributed by atoms with E-state index in [4.69, 9.17) is 44.3 Å². The Morgan fingerprint density at radius 3 is 2.21 bits per heavy atom. The van der Waals surface area contributed by atoms with Gasteiger partial charge in [0.1, 0.15) is 17.4 Å². The first kappa shape index (κ1) is 23.1. The van der Waals surface area contributed by atoms with Gasteiger partial charge in [0.05, 0.1) is 15.1 Å². The van der Waals surface area contributed by atoms with E-state index in [2.05, 4.69) is 5.32 Å². The lowest BCUT2D eigenvalue weighted by Crippen LogP contribution is -2.46. The number of carbonyl (C=O) groups is 2. The van der Waals surface area contributed by atoms with E-state index in [9.17, 15) is 14.7 Å².